The molecular weight excluding hydrogens is 326 g/mol. The molecule has 0 bridgehead atoms. The molecule has 1 atom stereocenters. The molecule has 0 saturated carbocycles. The van der Waals surface area contributed by atoms with E-state index in [9.17, 15) is 0 Å². The van der Waals surface area contributed by atoms with E-state index in [2.05, 4.69) is 32.4 Å². The zero-order chi connectivity index (χ0) is 13.7. The fraction of sp³-hybridized carbons (Fsp3) is 0.214. The van der Waals surface area contributed by atoms with Crippen LogP contribution >= 0.6 is 27.5 Å². The van der Waals surface area contributed by atoms with Gasteiger partial charge in [-0.15, -0.1) is 0 Å². The Balaban J connectivity index is 2.09. The lowest BCUT2D eigenvalue weighted by Crippen LogP contribution is -2.38. The average molecular weight is 341 g/mol. The van der Waals surface area contributed by atoms with Crippen LogP contribution in [0.3, 0.4) is 0 Å². The standard InChI is InChI=1S/C14H15BrClN3/c15-13-4-2-1-3-10(13)7-12(19-17)8-11-5-6-18-9-14(11)16/h1-6,9,12,19H,7-8,17H2. The highest BCUT2D eigenvalue weighted by atomic mass is 79.9. The van der Waals surface area contributed by atoms with Crippen molar-refractivity contribution in [1.82, 2.24) is 10.4 Å². The molecule has 0 spiro atoms. The van der Waals surface area contributed by atoms with Crippen LogP contribution in [-0.2, 0) is 12.8 Å². The van der Waals surface area contributed by atoms with Crippen molar-refractivity contribution in [1.29, 1.82) is 0 Å². The third kappa shape index (κ3) is 4.01. The van der Waals surface area contributed by atoms with Crippen LogP contribution in [0.25, 0.3) is 0 Å². The molecule has 2 aromatic rings. The molecule has 3 nitrogen and oxygen atoms in total. The van der Waals surface area contributed by atoms with E-state index in [0.29, 0.717) is 5.02 Å². The van der Waals surface area contributed by atoms with Gasteiger partial charge in [0.2, 0.25) is 0 Å². The summed E-state index contributed by atoms with van der Waals surface area (Å²) in [6.07, 6.45) is 4.99. The van der Waals surface area contributed by atoms with Crippen LogP contribution in [0.2, 0.25) is 5.02 Å². The van der Waals surface area contributed by atoms with E-state index in [4.69, 9.17) is 17.4 Å². The monoisotopic (exact) mass is 339 g/mol. The summed E-state index contributed by atoms with van der Waals surface area (Å²) in [5.41, 5.74) is 5.12. The summed E-state index contributed by atoms with van der Waals surface area (Å²) in [7, 11) is 0. The van der Waals surface area contributed by atoms with Crippen LogP contribution in [0.4, 0.5) is 0 Å². The third-order valence-electron chi connectivity index (χ3n) is 2.98. The van der Waals surface area contributed by atoms with Gasteiger partial charge < -0.3 is 0 Å². The van der Waals surface area contributed by atoms with E-state index in [-0.39, 0.29) is 6.04 Å². The molecule has 100 valence electrons. The van der Waals surface area contributed by atoms with Crippen LogP contribution in [-0.4, -0.2) is 11.0 Å². The summed E-state index contributed by atoms with van der Waals surface area (Å²) >= 11 is 9.67. The quantitative estimate of drug-likeness (QED) is 0.649. The van der Waals surface area contributed by atoms with Gasteiger partial charge in [-0.05, 0) is 36.1 Å². The number of rotatable bonds is 5. The number of nitrogens with one attached hydrogen (secondary N) is 1. The third-order valence-corrected chi connectivity index (χ3v) is 4.10. The summed E-state index contributed by atoms with van der Waals surface area (Å²) in [6, 6.07) is 10.2. The highest BCUT2D eigenvalue weighted by molar-refractivity contribution is 9.10. The van der Waals surface area contributed by atoms with Gasteiger partial charge >= 0.3 is 0 Å². The normalized spacial score (nSPS) is 12.4. The summed E-state index contributed by atoms with van der Waals surface area (Å²) in [5.74, 6) is 5.64. The van der Waals surface area contributed by atoms with Crippen molar-refractivity contribution in [2.24, 2.45) is 5.84 Å². The maximum atomic E-state index is 6.12. The molecule has 2 rings (SSSR count). The summed E-state index contributed by atoms with van der Waals surface area (Å²) in [6.45, 7) is 0. The van der Waals surface area contributed by atoms with Crippen molar-refractivity contribution in [3.05, 3.63) is 63.3 Å². The number of hydrazine groups is 1. The van der Waals surface area contributed by atoms with Gasteiger partial charge in [0.1, 0.15) is 0 Å². The van der Waals surface area contributed by atoms with E-state index in [1.54, 1.807) is 12.4 Å². The fourth-order valence-electron chi connectivity index (χ4n) is 1.95. The Labute approximate surface area is 126 Å². The molecule has 1 unspecified atom stereocenters. The SMILES string of the molecule is NNC(Cc1ccncc1Cl)Cc1ccccc1Br. The lowest BCUT2D eigenvalue weighted by molar-refractivity contribution is 0.521. The fourth-order valence-corrected chi connectivity index (χ4v) is 2.60. The molecule has 0 amide bonds. The molecule has 1 aromatic heterocycles. The van der Waals surface area contributed by atoms with Crippen molar-refractivity contribution in [2.45, 2.75) is 18.9 Å². The zero-order valence-corrected chi connectivity index (χ0v) is 12.7. The highest BCUT2D eigenvalue weighted by Gasteiger charge is 2.12. The van der Waals surface area contributed by atoms with Gasteiger partial charge in [0.15, 0.2) is 0 Å². The lowest BCUT2D eigenvalue weighted by Gasteiger charge is -2.17. The first-order valence-electron chi connectivity index (χ1n) is 5.98. The summed E-state index contributed by atoms with van der Waals surface area (Å²) in [4.78, 5) is 3.99. The molecule has 0 radical (unpaired) electrons. The van der Waals surface area contributed by atoms with Gasteiger partial charge in [-0.3, -0.25) is 16.3 Å². The Morgan fingerprint density at radius 3 is 2.63 bits per heavy atom. The number of nitrogens with zero attached hydrogens (tertiary/aromatic N) is 1. The predicted molar refractivity (Wildman–Crippen MR) is 81.9 cm³/mol. The minimum Gasteiger partial charge on any atom is -0.271 e. The molecule has 19 heavy (non-hydrogen) atoms. The number of halogens is 2. The molecule has 0 fully saturated rings. The maximum absolute atomic E-state index is 6.12. The molecule has 0 aliphatic rings. The number of hydrogen-bond acceptors (Lipinski definition) is 3. The second kappa shape index (κ2) is 7.01. The number of benzene rings is 1. The topological polar surface area (TPSA) is 50.9 Å². The molecule has 0 aliphatic carbocycles. The smallest absolute Gasteiger partial charge is 0.0621 e. The largest absolute Gasteiger partial charge is 0.271 e. The molecule has 3 N–H and O–H groups in total. The van der Waals surface area contributed by atoms with Crippen molar-refractivity contribution < 1.29 is 0 Å². The molecule has 1 heterocycles. The second-order valence-electron chi connectivity index (χ2n) is 4.33. The Hall–Kier alpha value is -0.940. The first-order chi connectivity index (χ1) is 9.20. The van der Waals surface area contributed by atoms with E-state index < -0.39 is 0 Å². The molecule has 0 aliphatic heterocycles. The van der Waals surface area contributed by atoms with Crippen LogP contribution in [0.5, 0.6) is 0 Å². The van der Waals surface area contributed by atoms with E-state index >= 15 is 0 Å². The molecule has 5 heteroatoms. The van der Waals surface area contributed by atoms with Crippen molar-refractivity contribution in [3.63, 3.8) is 0 Å². The Morgan fingerprint density at radius 1 is 1.21 bits per heavy atom. The summed E-state index contributed by atoms with van der Waals surface area (Å²) in [5, 5.41) is 0.676. The molecular formula is C14H15BrClN3. The second-order valence-corrected chi connectivity index (χ2v) is 5.59. The number of hydrogen-bond donors (Lipinski definition) is 2. The van der Waals surface area contributed by atoms with Gasteiger partial charge in [0.25, 0.3) is 0 Å². The summed E-state index contributed by atoms with van der Waals surface area (Å²) < 4.78 is 1.09. The van der Waals surface area contributed by atoms with Crippen molar-refractivity contribution in [3.8, 4) is 0 Å². The van der Waals surface area contributed by atoms with Crippen LogP contribution in [0.15, 0.2) is 47.2 Å². The van der Waals surface area contributed by atoms with E-state index in [1.807, 2.05) is 24.3 Å². The predicted octanol–water partition coefficient (Wildman–Crippen LogP) is 3.11. The average Bonchev–Trinajstić information content (AvgIpc) is 2.42. The van der Waals surface area contributed by atoms with Gasteiger partial charge in [-0.2, -0.15) is 0 Å². The van der Waals surface area contributed by atoms with Crippen LogP contribution in [0.1, 0.15) is 11.1 Å². The first-order valence-corrected chi connectivity index (χ1v) is 7.15. The Morgan fingerprint density at radius 2 is 1.95 bits per heavy atom. The van der Waals surface area contributed by atoms with E-state index in [1.165, 1.54) is 5.56 Å². The van der Waals surface area contributed by atoms with Crippen LogP contribution in [0, 0.1) is 0 Å². The minimum absolute atomic E-state index is 0.124. The zero-order valence-electron chi connectivity index (χ0n) is 10.3. The number of aromatic nitrogens is 1. The lowest BCUT2D eigenvalue weighted by atomic mass is 10.00. The first kappa shape index (κ1) is 14.5. The van der Waals surface area contributed by atoms with Crippen LogP contribution < -0.4 is 11.3 Å². The van der Waals surface area contributed by atoms with Crippen molar-refractivity contribution >= 4 is 27.5 Å². The number of pyridine rings is 1. The Kier molecular flexibility index (Phi) is 5.34. The van der Waals surface area contributed by atoms with Gasteiger partial charge in [-0.1, -0.05) is 45.7 Å². The number of nitrogens with two attached hydrogens (primary N) is 1. The molecule has 0 saturated heterocycles. The maximum Gasteiger partial charge on any atom is 0.0621 e. The highest BCUT2D eigenvalue weighted by Crippen LogP contribution is 2.20. The Bertz CT molecular complexity index is 500. The van der Waals surface area contributed by atoms with Gasteiger partial charge in [-0.25, -0.2) is 0 Å². The van der Waals surface area contributed by atoms with Gasteiger partial charge in [0.05, 0.1) is 5.02 Å². The minimum atomic E-state index is 0.124. The van der Waals surface area contributed by atoms with E-state index in [0.717, 1.165) is 22.9 Å². The van der Waals surface area contributed by atoms with Gasteiger partial charge in [0, 0.05) is 22.9 Å². The van der Waals surface area contributed by atoms with Crippen molar-refractivity contribution in [2.75, 3.05) is 0 Å². The molecule has 1 aromatic carbocycles.